The summed E-state index contributed by atoms with van der Waals surface area (Å²) in [5.74, 6) is 0.0115. The Balaban J connectivity index is 2.02. The van der Waals surface area contributed by atoms with Crippen molar-refractivity contribution in [1.82, 2.24) is 10.4 Å². The van der Waals surface area contributed by atoms with Crippen LogP contribution in [0.15, 0.2) is 16.5 Å². The van der Waals surface area contributed by atoms with Gasteiger partial charge < -0.3 is 4.42 Å². The molecule has 1 aliphatic heterocycles. The molecule has 1 aliphatic rings. The molecule has 0 aromatic carbocycles. The molecule has 1 N–H and O–H groups in total. The molecule has 1 fully saturated rings. The number of hydrazine groups is 1. The molecule has 1 aromatic rings. The van der Waals surface area contributed by atoms with Crippen LogP contribution in [0.3, 0.4) is 0 Å². The van der Waals surface area contributed by atoms with Gasteiger partial charge >= 0.3 is 5.91 Å². The fourth-order valence-electron chi connectivity index (χ4n) is 2.25. The lowest BCUT2D eigenvalue weighted by Crippen LogP contribution is -2.54. The molecule has 0 saturated carbocycles. The maximum atomic E-state index is 11.9. The van der Waals surface area contributed by atoms with Crippen LogP contribution in [0.4, 0.5) is 0 Å². The Hall–Kier alpha value is -1.00. The number of piperidine rings is 1. The van der Waals surface area contributed by atoms with Crippen LogP contribution in [0.5, 0.6) is 0 Å². The van der Waals surface area contributed by atoms with E-state index in [0.29, 0.717) is 12.1 Å². The van der Waals surface area contributed by atoms with E-state index in [-0.39, 0.29) is 16.9 Å². The maximum absolute atomic E-state index is 11.9. The van der Waals surface area contributed by atoms with Crippen LogP contribution in [-0.4, -0.2) is 23.0 Å². The van der Waals surface area contributed by atoms with Crippen molar-refractivity contribution >= 4 is 17.5 Å². The summed E-state index contributed by atoms with van der Waals surface area (Å²) >= 11 is 5.64. The van der Waals surface area contributed by atoms with Gasteiger partial charge in [-0.2, -0.15) is 0 Å². The van der Waals surface area contributed by atoms with E-state index in [0.717, 1.165) is 12.8 Å². The van der Waals surface area contributed by atoms with Gasteiger partial charge in [0.25, 0.3) is 0 Å². The van der Waals surface area contributed by atoms with Crippen LogP contribution in [0.2, 0.25) is 5.22 Å². The summed E-state index contributed by atoms with van der Waals surface area (Å²) in [5, 5.41) is 2.23. The Labute approximate surface area is 106 Å². The second kappa shape index (κ2) is 5.10. The van der Waals surface area contributed by atoms with Gasteiger partial charge in [0.15, 0.2) is 11.0 Å². The number of carbonyl (C=O) groups excluding carboxylic acids is 1. The molecule has 94 valence electrons. The molecule has 1 amide bonds. The second-order valence-corrected chi connectivity index (χ2v) is 4.95. The number of hydrogen-bond donors (Lipinski definition) is 1. The number of hydrogen-bond acceptors (Lipinski definition) is 3. The highest BCUT2D eigenvalue weighted by atomic mass is 35.5. The molecule has 1 aromatic heterocycles. The van der Waals surface area contributed by atoms with E-state index in [1.807, 2.05) is 5.01 Å². The Kier molecular flexibility index (Phi) is 3.74. The summed E-state index contributed by atoms with van der Waals surface area (Å²) in [6.45, 7) is 4.23. The fourth-order valence-corrected chi connectivity index (χ4v) is 2.40. The molecule has 2 heterocycles. The largest absolute Gasteiger partial charge is 0.440 e. The Morgan fingerprint density at radius 1 is 1.41 bits per heavy atom. The minimum Gasteiger partial charge on any atom is -0.440 e. The van der Waals surface area contributed by atoms with E-state index in [2.05, 4.69) is 19.3 Å². The molecule has 0 radical (unpaired) electrons. The molecule has 0 spiro atoms. The average molecular weight is 257 g/mol. The first-order chi connectivity index (χ1) is 8.08. The van der Waals surface area contributed by atoms with E-state index in [9.17, 15) is 4.79 Å². The van der Waals surface area contributed by atoms with E-state index >= 15 is 0 Å². The lowest BCUT2D eigenvalue weighted by Gasteiger charge is -2.38. The minimum atomic E-state index is -0.238. The van der Waals surface area contributed by atoms with Gasteiger partial charge in [-0.25, -0.2) is 5.01 Å². The molecule has 0 bridgehead atoms. The summed E-state index contributed by atoms with van der Waals surface area (Å²) in [6, 6.07) is 3.86. The standard InChI is InChI=1S/C12H17ClN2O2/c1-8-4-3-5-9(2)15(8)14-12(16)10-6-7-11(13)17-10/h6-9H,3-5H2,1-2H3,(H,14,16). The quantitative estimate of drug-likeness (QED) is 0.885. The van der Waals surface area contributed by atoms with Crippen LogP contribution in [0.1, 0.15) is 43.7 Å². The third-order valence-corrected chi connectivity index (χ3v) is 3.42. The van der Waals surface area contributed by atoms with E-state index in [1.165, 1.54) is 6.42 Å². The van der Waals surface area contributed by atoms with Gasteiger partial charge in [-0.05, 0) is 50.4 Å². The van der Waals surface area contributed by atoms with E-state index in [1.54, 1.807) is 12.1 Å². The first-order valence-electron chi connectivity index (χ1n) is 5.92. The maximum Gasteiger partial charge on any atom is 0.301 e. The molecule has 0 aliphatic carbocycles. The predicted octanol–water partition coefficient (Wildman–Crippen LogP) is 2.84. The minimum absolute atomic E-state index is 0.231. The summed E-state index contributed by atoms with van der Waals surface area (Å²) < 4.78 is 5.08. The predicted molar refractivity (Wildman–Crippen MR) is 65.8 cm³/mol. The van der Waals surface area contributed by atoms with Crippen LogP contribution in [0.25, 0.3) is 0 Å². The topological polar surface area (TPSA) is 45.5 Å². The number of furan rings is 1. The first-order valence-corrected chi connectivity index (χ1v) is 6.30. The first kappa shape index (κ1) is 12.5. The zero-order valence-electron chi connectivity index (χ0n) is 10.1. The monoisotopic (exact) mass is 256 g/mol. The lowest BCUT2D eigenvalue weighted by molar-refractivity contribution is 0.0351. The van der Waals surface area contributed by atoms with E-state index < -0.39 is 0 Å². The highest BCUT2D eigenvalue weighted by Crippen LogP contribution is 2.21. The zero-order valence-corrected chi connectivity index (χ0v) is 10.8. The summed E-state index contributed by atoms with van der Waals surface area (Å²) in [7, 11) is 0. The van der Waals surface area contributed by atoms with E-state index in [4.69, 9.17) is 16.0 Å². The van der Waals surface area contributed by atoms with Crippen molar-refractivity contribution in [3.05, 3.63) is 23.1 Å². The van der Waals surface area contributed by atoms with Gasteiger partial charge in [0, 0.05) is 12.1 Å². The summed E-state index contributed by atoms with van der Waals surface area (Å²) in [4.78, 5) is 11.9. The van der Waals surface area contributed by atoms with Crippen LogP contribution >= 0.6 is 11.6 Å². The molecular weight excluding hydrogens is 240 g/mol. The summed E-state index contributed by atoms with van der Waals surface area (Å²) in [6.07, 6.45) is 3.41. The van der Waals surface area contributed by atoms with Crippen molar-refractivity contribution in [1.29, 1.82) is 0 Å². The smallest absolute Gasteiger partial charge is 0.301 e. The molecule has 2 rings (SSSR count). The average Bonchev–Trinajstić information content (AvgIpc) is 2.70. The van der Waals surface area contributed by atoms with Crippen molar-refractivity contribution in [3.8, 4) is 0 Å². The van der Waals surface area contributed by atoms with Gasteiger partial charge in [-0.1, -0.05) is 6.42 Å². The van der Waals surface area contributed by atoms with Crippen molar-refractivity contribution in [2.45, 2.75) is 45.2 Å². The van der Waals surface area contributed by atoms with Crippen LogP contribution < -0.4 is 5.43 Å². The van der Waals surface area contributed by atoms with Gasteiger partial charge in [0.1, 0.15) is 0 Å². The van der Waals surface area contributed by atoms with Gasteiger partial charge in [0.05, 0.1) is 0 Å². The van der Waals surface area contributed by atoms with Gasteiger partial charge in [0.2, 0.25) is 0 Å². The Bertz CT molecular complexity index is 395. The molecular formula is C12H17ClN2O2. The van der Waals surface area contributed by atoms with Crippen molar-refractivity contribution in [2.75, 3.05) is 0 Å². The van der Waals surface area contributed by atoms with Gasteiger partial charge in [-0.3, -0.25) is 10.2 Å². The van der Waals surface area contributed by atoms with Crippen LogP contribution in [0, 0.1) is 0 Å². The number of halogens is 1. The Morgan fingerprint density at radius 3 is 2.59 bits per heavy atom. The molecule has 1 saturated heterocycles. The van der Waals surface area contributed by atoms with Gasteiger partial charge in [-0.15, -0.1) is 0 Å². The normalized spacial score (nSPS) is 25.8. The second-order valence-electron chi connectivity index (χ2n) is 4.58. The Morgan fingerprint density at radius 2 is 2.06 bits per heavy atom. The molecule has 5 heteroatoms. The van der Waals surface area contributed by atoms with Crippen LogP contribution in [-0.2, 0) is 0 Å². The molecule has 2 atom stereocenters. The summed E-state index contributed by atoms with van der Waals surface area (Å²) in [5.41, 5.74) is 2.89. The zero-order chi connectivity index (χ0) is 12.4. The number of amides is 1. The highest BCUT2D eigenvalue weighted by Gasteiger charge is 2.27. The number of nitrogens with one attached hydrogen (secondary N) is 1. The third kappa shape index (κ3) is 2.82. The molecule has 2 unspecified atom stereocenters. The van der Waals surface area contributed by atoms with Crippen molar-refractivity contribution in [2.24, 2.45) is 0 Å². The lowest BCUT2D eigenvalue weighted by atomic mass is 10.00. The highest BCUT2D eigenvalue weighted by molar-refractivity contribution is 6.29. The van der Waals surface area contributed by atoms with Crippen molar-refractivity contribution < 1.29 is 9.21 Å². The SMILES string of the molecule is CC1CCCC(C)N1NC(=O)c1ccc(Cl)o1. The number of nitrogens with zero attached hydrogens (tertiary/aromatic N) is 1. The molecule has 4 nitrogen and oxygen atoms in total. The number of carbonyl (C=O) groups is 1. The third-order valence-electron chi connectivity index (χ3n) is 3.22. The fraction of sp³-hybridized carbons (Fsp3) is 0.583. The van der Waals surface area contributed by atoms with Crippen molar-refractivity contribution in [3.63, 3.8) is 0 Å². The molecule has 17 heavy (non-hydrogen) atoms. The number of rotatable bonds is 2.